The molecule has 0 heterocycles. The molecule has 0 fully saturated rings. The quantitative estimate of drug-likeness (QED) is 0.320. The van der Waals surface area contributed by atoms with E-state index in [0.717, 1.165) is 18.2 Å². The zero-order chi connectivity index (χ0) is 21.1. The van der Waals surface area contributed by atoms with Gasteiger partial charge in [0.05, 0.1) is 23.2 Å². The second kappa shape index (κ2) is 8.16. The Morgan fingerprint density at radius 1 is 1.14 bits per heavy atom. The number of nitro benzene ring substituents is 1. The third kappa shape index (κ3) is 4.70. The Bertz CT molecular complexity index is 933. The van der Waals surface area contributed by atoms with E-state index < -0.39 is 34.5 Å². The molecule has 2 aromatic carbocycles. The first-order valence-corrected chi connectivity index (χ1v) is 8.37. The molecule has 7 nitrogen and oxygen atoms in total. The number of methoxy groups -OCH3 is 1. The van der Waals surface area contributed by atoms with Gasteiger partial charge in [-0.15, -0.1) is 0 Å². The smallest absolute Gasteiger partial charge is 0.338 e. The first-order chi connectivity index (χ1) is 13.0. The van der Waals surface area contributed by atoms with E-state index in [1.165, 1.54) is 25.3 Å². The molecule has 8 heteroatoms. The molecule has 0 aromatic heterocycles. The van der Waals surface area contributed by atoms with Crippen molar-refractivity contribution >= 4 is 17.4 Å². The van der Waals surface area contributed by atoms with Gasteiger partial charge >= 0.3 is 5.97 Å². The number of ketones is 1. The van der Waals surface area contributed by atoms with Crippen molar-refractivity contribution in [2.75, 3.05) is 13.7 Å². The van der Waals surface area contributed by atoms with Crippen molar-refractivity contribution in [2.24, 2.45) is 0 Å². The molecule has 0 saturated heterocycles. The Kier molecular flexibility index (Phi) is 6.12. The van der Waals surface area contributed by atoms with E-state index in [2.05, 4.69) is 0 Å². The minimum Gasteiger partial charge on any atom is -0.496 e. The monoisotopic (exact) mass is 389 g/mol. The number of nitrogens with zero attached hydrogens (tertiary/aromatic N) is 1. The fourth-order valence-corrected chi connectivity index (χ4v) is 2.63. The van der Waals surface area contributed by atoms with Crippen LogP contribution in [0.2, 0.25) is 0 Å². The number of halogens is 1. The summed E-state index contributed by atoms with van der Waals surface area (Å²) in [5.41, 5.74) is -0.355. The number of esters is 1. The van der Waals surface area contributed by atoms with Gasteiger partial charge in [0.15, 0.2) is 6.61 Å². The lowest BCUT2D eigenvalue weighted by Gasteiger charge is -2.19. The number of carbonyl (C=O) groups is 2. The highest BCUT2D eigenvalue weighted by Gasteiger charge is 2.26. The van der Waals surface area contributed by atoms with Crippen molar-refractivity contribution in [3.8, 4) is 5.75 Å². The van der Waals surface area contributed by atoms with Crippen LogP contribution in [0.5, 0.6) is 5.75 Å². The van der Waals surface area contributed by atoms with Gasteiger partial charge in [-0.2, -0.15) is 0 Å². The molecule has 0 bridgehead atoms. The number of benzene rings is 2. The van der Waals surface area contributed by atoms with Crippen molar-refractivity contribution in [2.45, 2.75) is 26.2 Å². The maximum Gasteiger partial charge on any atom is 0.338 e. The average molecular weight is 389 g/mol. The van der Waals surface area contributed by atoms with Crippen LogP contribution < -0.4 is 4.74 Å². The van der Waals surface area contributed by atoms with Crippen LogP contribution in [-0.4, -0.2) is 30.4 Å². The predicted octanol–water partition coefficient (Wildman–Crippen LogP) is 4.08. The molecule has 0 atom stereocenters. The molecule has 2 rings (SSSR count). The molecular formula is C20H20FNO6. The van der Waals surface area contributed by atoms with Crippen LogP contribution in [0.3, 0.4) is 0 Å². The lowest BCUT2D eigenvalue weighted by Crippen LogP contribution is -2.17. The highest BCUT2D eigenvalue weighted by molar-refractivity contribution is 6.01. The van der Waals surface area contributed by atoms with E-state index in [0.29, 0.717) is 5.56 Å². The van der Waals surface area contributed by atoms with E-state index in [1.54, 1.807) is 0 Å². The first-order valence-electron chi connectivity index (χ1n) is 8.37. The summed E-state index contributed by atoms with van der Waals surface area (Å²) >= 11 is 0. The van der Waals surface area contributed by atoms with E-state index in [-0.39, 0.29) is 22.6 Å². The summed E-state index contributed by atoms with van der Waals surface area (Å²) in [5, 5.41) is 11.3. The van der Waals surface area contributed by atoms with Crippen molar-refractivity contribution in [3.05, 3.63) is 69.0 Å². The molecular weight excluding hydrogens is 369 g/mol. The Morgan fingerprint density at radius 2 is 1.82 bits per heavy atom. The summed E-state index contributed by atoms with van der Waals surface area (Å²) in [5.74, 6) is -2.05. The molecule has 0 spiro atoms. The molecule has 0 unspecified atom stereocenters. The van der Waals surface area contributed by atoms with E-state index in [4.69, 9.17) is 9.47 Å². The molecule has 0 saturated carbocycles. The molecule has 2 aromatic rings. The van der Waals surface area contributed by atoms with Crippen LogP contribution in [-0.2, 0) is 10.2 Å². The fraction of sp³-hybridized carbons (Fsp3) is 0.300. The van der Waals surface area contributed by atoms with Gasteiger partial charge in [-0.1, -0.05) is 26.8 Å². The number of nitro groups is 1. The first kappa shape index (κ1) is 21.0. The van der Waals surface area contributed by atoms with E-state index >= 15 is 0 Å². The Labute approximate surface area is 161 Å². The van der Waals surface area contributed by atoms with Crippen LogP contribution in [0.1, 0.15) is 47.1 Å². The maximum absolute atomic E-state index is 13.4. The van der Waals surface area contributed by atoms with Gasteiger partial charge in [0.2, 0.25) is 5.78 Å². The van der Waals surface area contributed by atoms with Crippen LogP contribution in [0.25, 0.3) is 0 Å². The van der Waals surface area contributed by atoms with Gasteiger partial charge in [0.1, 0.15) is 11.6 Å². The summed E-state index contributed by atoms with van der Waals surface area (Å²) in [7, 11) is 1.33. The number of rotatable bonds is 6. The van der Waals surface area contributed by atoms with E-state index in [9.17, 15) is 24.1 Å². The van der Waals surface area contributed by atoms with Crippen LogP contribution in [0.4, 0.5) is 10.1 Å². The van der Waals surface area contributed by atoms with Crippen molar-refractivity contribution in [1.82, 2.24) is 0 Å². The van der Waals surface area contributed by atoms with E-state index in [1.807, 2.05) is 20.8 Å². The Balaban J connectivity index is 2.20. The van der Waals surface area contributed by atoms with Gasteiger partial charge in [0.25, 0.3) is 5.69 Å². The lowest BCUT2D eigenvalue weighted by atomic mass is 9.85. The third-order valence-corrected chi connectivity index (χ3v) is 4.03. The minimum atomic E-state index is -0.896. The number of Topliss-reactive ketones (excluding diaryl/α,β-unsaturated/α-hetero) is 1. The fourth-order valence-electron chi connectivity index (χ4n) is 2.63. The van der Waals surface area contributed by atoms with Gasteiger partial charge in [-0.3, -0.25) is 14.9 Å². The topological polar surface area (TPSA) is 95.7 Å². The summed E-state index contributed by atoms with van der Waals surface area (Å²) in [6.45, 7) is 4.79. The molecule has 0 aliphatic rings. The summed E-state index contributed by atoms with van der Waals surface area (Å²) in [6, 6.07) is 7.43. The number of hydrogen-bond donors (Lipinski definition) is 0. The largest absolute Gasteiger partial charge is 0.496 e. The number of carbonyl (C=O) groups excluding carboxylic acids is 2. The molecule has 0 radical (unpaired) electrons. The highest BCUT2D eigenvalue weighted by Crippen LogP contribution is 2.32. The summed E-state index contributed by atoms with van der Waals surface area (Å²) in [4.78, 5) is 35.3. The van der Waals surface area contributed by atoms with Crippen molar-refractivity contribution in [1.29, 1.82) is 0 Å². The molecule has 0 aliphatic carbocycles. The molecule has 0 aliphatic heterocycles. The number of hydrogen-bond acceptors (Lipinski definition) is 6. The summed E-state index contributed by atoms with van der Waals surface area (Å²) < 4.78 is 23.3. The third-order valence-electron chi connectivity index (χ3n) is 4.03. The number of ether oxygens (including phenoxy) is 2. The van der Waals surface area contributed by atoms with Gasteiger partial charge in [-0.25, -0.2) is 9.18 Å². The van der Waals surface area contributed by atoms with Crippen LogP contribution >= 0.6 is 0 Å². The second-order valence-electron chi connectivity index (χ2n) is 7.08. The lowest BCUT2D eigenvalue weighted by molar-refractivity contribution is -0.386. The highest BCUT2D eigenvalue weighted by atomic mass is 19.1. The van der Waals surface area contributed by atoms with Gasteiger partial charge in [0, 0.05) is 11.6 Å². The van der Waals surface area contributed by atoms with Crippen molar-refractivity contribution in [3.63, 3.8) is 0 Å². The maximum atomic E-state index is 13.4. The minimum absolute atomic E-state index is 0.0568. The predicted molar refractivity (Wildman–Crippen MR) is 99.4 cm³/mol. The van der Waals surface area contributed by atoms with Crippen LogP contribution in [0.15, 0.2) is 36.4 Å². The van der Waals surface area contributed by atoms with Gasteiger partial charge in [-0.05, 0) is 29.7 Å². The van der Waals surface area contributed by atoms with Crippen molar-refractivity contribution < 1.29 is 28.4 Å². The molecule has 28 heavy (non-hydrogen) atoms. The molecule has 0 N–H and O–H groups in total. The Morgan fingerprint density at radius 3 is 2.39 bits per heavy atom. The summed E-state index contributed by atoms with van der Waals surface area (Å²) in [6.07, 6.45) is 0. The average Bonchev–Trinajstić information content (AvgIpc) is 2.64. The zero-order valence-electron chi connectivity index (χ0n) is 15.9. The SMILES string of the molecule is COc1ccc(F)cc1C(=O)COC(=O)c1ccc(C(C)(C)C)c([N+](=O)[O-])c1. The Hall–Kier alpha value is -3.29. The van der Waals surface area contributed by atoms with Gasteiger partial charge < -0.3 is 9.47 Å². The second-order valence-corrected chi connectivity index (χ2v) is 7.08. The van der Waals surface area contributed by atoms with Crippen LogP contribution in [0, 0.1) is 15.9 Å². The zero-order valence-corrected chi connectivity index (χ0v) is 15.9. The standard InChI is InChI=1S/C20H20FNO6/c1-20(2,3)15-7-5-12(9-16(15)22(25)26)19(24)28-11-17(23)14-10-13(21)6-8-18(14)27-4/h5-10H,11H2,1-4H3. The molecule has 0 amide bonds. The normalized spacial score (nSPS) is 11.0. The molecule has 148 valence electrons.